The molecule has 31 heavy (non-hydrogen) atoms. The second kappa shape index (κ2) is 11.4. The molecule has 0 heterocycles. The van der Waals surface area contributed by atoms with E-state index in [1.54, 1.807) is 6.92 Å². The van der Waals surface area contributed by atoms with E-state index in [1.165, 1.54) is 0 Å². The summed E-state index contributed by atoms with van der Waals surface area (Å²) in [7, 11) is 3.06. The van der Waals surface area contributed by atoms with E-state index >= 15 is 0 Å². The second-order valence-electron chi connectivity index (χ2n) is 10.2. The van der Waals surface area contributed by atoms with Crippen LogP contribution in [0.25, 0.3) is 0 Å². The molecule has 0 unspecified atom stereocenters. The van der Waals surface area contributed by atoms with Crippen molar-refractivity contribution < 1.29 is 23.4 Å². The summed E-state index contributed by atoms with van der Waals surface area (Å²) in [5, 5.41) is 0. The van der Waals surface area contributed by atoms with Crippen LogP contribution in [-0.4, -0.2) is 53.9 Å². The van der Waals surface area contributed by atoms with Crippen molar-refractivity contribution in [3.8, 4) is 0 Å². The molecular weight excluding hydrogens is 408 g/mol. The molecule has 0 radical (unpaired) electrons. The van der Waals surface area contributed by atoms with Gasteiger partial charge in [-0.25, -0.2) is 4.79 Å². The van der Waals surface area contributed by atoms with Crippen LogP contribution in [0, 0.1) is 0 Å². The molecule has 3 saturated carbocycles. The zero-order valence-electron chi connectivity index (χ0n) is 20.2. The lowest BCUT2D eigenvalue weighted by atomic mass is 9.95. The van der Waals surface area contributed by atoms with Crippen LogP contribution < -0.4 is 0 Å². The molecule has 0 bridgehead atoms. The maximum atomic E-state index is 13.1. The average molecular weight is 453 g/mol. The van der Waals surface area contributed by atoms with Crippen LogP contribution in [0.3, 0.4) is 0 Å². The van der Waals surface area contributed by atoms with Gasteiger partial charge in [0.05, 0.1) is 18.3 Å². The fourth-order valence-electron chi connectivity index (χ4n) is 6.75. The van der Waals surface area contributed by atoms with Gasteiger partial charge >= 0.3 is 5.97 Å². The first-order valence-corrected chi connectivity index (χ1v) is 14.6. The van der Waals surface area contributed by atoms with Gasteiger partial charge in [0, 0.05) is 26.9 Å². The Kier molecular flexibility index (Phi) is 9.20. The molecule has 0 atom stereocenters. The predicted octanol–water partition coefficient (Wildman–Crippen LogP) is 5.93. The molecule has 0 aromatic rings. The average Bonchev–Trinajstić information content (AvgIpc) is 2.82. The molecule has 3 aliphatic carbocycles. The summed E-state index contributed by atoms with van der Waals surface area (Å²) in [5.74, 6) is -0.150. The van der Waals surface area contributed by atoms with Crippen LogP contribution in [0.2, 0.25) is 16.6 Å². The number of methoxy groups -OCH3 is 3. The Morgan fingerprint density at radius 2 is 0.935 bits per heavy atom. The van der Waals surface area contributed by atoms with E-state index < -0.39 is 8.32 Å². The lowest BCUT2D eigenvalue weighted by molar-refractivity contribution is -0.131. The minimum Gasteiger partial charge on any atom is -0.515 e. The molecule has 3 rings (SSSR count). The molecule has 3 aliphatic rings. The van der Waals surface area contributed by atoms with Crippen molar-refractivity contribution in [1.82, 2.24) is 0 Å². The zero-order chi connectivity index (χ0) is 22.4. The number of hydrogen-bond acceptors (Lipinski definition) is 5. The van der Waals surface area contributed by atoms with Crippen molar-refractivity contribution in [3.05, 3.63) is 12.2 Å². The fourth-order valence-corrected chi connectivity index (χ4v) is 13.4. The molecule has 0 aromatic carbocycles. The lowest BCUT2D eigenvalue weighted by Crippen LogP contribution is -2.56. The third-order valence-electron chi connectivity index (χ3n) is 8.55. The van der Waals surface area contributed by atoms with Crippen molar-refractivity contribution in [2.75, 3.05) is 21.3 Å². The maximum Gasteiger partial charge on any atom is 0.319 e. The summed E-state index contributed by atoms with van der Waals surface area (Å²) in [5.41, 5.74) is 2.11. The Balaban J connectivity index is 1.93. The smallest absolute Gasteiger partial charge is 0.319 e. The summed E-state index contributed by atoms with van der Waals surface area (Å²) in [6, 6.07) is 0. The van der Waals surface area contributed by atoms with E-state index in [1.807, 2.05) is 21.3 Å². The Hall–Kier alpha value is -0.693. The van der Waals surface area contributed by atoms with Gasteiger partial charge in [0.15, 0.2) is 0 Å². The molecule has 0 amide bonds. The van der Waals surface area contributed by atoms with Crippen LogP contribution in [0.15, 0.2) is 12.2 Å². The van der Waals surface area contributed by atoms with Crippen LogP contribution >= 0.6 is 0 Å². The number of carbonyl (C=O) groups excluding carboxylic acids is 1. The molecular formula is C25H44O5Si. The Bertz CT molecular complexity index is 525. The number of hydrogen-bond donors (Lipinski definition) is 0. The second-order valence-corrected chi connectivity index (χ2v) is 14.5. The quantitative estimate of drug-likeness (QED) is 0.337. The van der Waals surface area contributed by atoms with Crippen LogP contribution in [-0.2, 0) is 23.4 Å². The van der Waals surface area contributed by atoms with Crippen molar-refractivity contribution in [1.29, 1.82) is 0 Å². The molecule has 178 valence electrons. The molecule has 6 heteroatoms. The van der Waals surface area contributed by atoms with Crippen molar-refractivity contribution in [3.63, 3.8) is 0 Å². The highest BCUT2D eigenvalue weighted by Crippen LogP contribution is 2.57. The molecule has 0 aromatic heterocycles. The standard InChI is InChI=1S/C25H44O5Si/c1-18(2)25(26)30-31(22-12-6-19(27-3)7-13-22,23-14-8-20(28-4)9-15-23)24-16-10-21(29-5)11-17-24/h19-24H,1,6-17H2,2-5H3. The van der Waals surface area contributed by atoms with Crippen molar-refractivity contribution in [2.45, 2.75) is 119 Å². The molecule has 3 fully saturated rings. The third kappa shape index (κ3) is 5.63. The SMILES string of the molecule is C=C(C)C(=O)O[Si](C1CCC(OC)CC1)(C1CCC(OC)CC1)C1CCC(OC)CC1. The summed E-state index contributed by atoms with van der Waals surface area (Å²) in [6.07, 6.45) is 14.3. The van der Waals surface area contributed by atoms with E-state index in [0.29, 0.717) is 40.5 Å². The van der Waals surface area contributed by atoms with E-state index in [9.17, 15) is 4.79 Å². The van der Waals surface area contributed by atoms with Gasteiger partial charge < -0.3 is 18.6 Å². The van der Waals surface area contributed by atoms with Gasteiger partial charge in [-0.1, -0.05) is 6.58 Å². The van der Waals surface area contributed by atoms with Gasteiger partial charge in [0.2, 0.25) is 0 Å². The van der Waals surface area contributed by atoms with Crippen LogP contribution in [0.5, 0.6) is 0 Å². The van der Waals surface area contributed by atoms with Crippen LogP contribution in [0.1, 0.15) is 84.0 Å². The lowest BCUT2D eigenvalue weighted by Gasteiger charge is -2.52. The highest BCUT2D eigenvalue weighted by molar-refractivity contribution is 6.79. The van der Waals surface area contributed by atoms with E-state index in [-0.39, 0.29) is 5.97 Å². The first kappa shape index (κ1) is 24.9. The summed E-state index contributed by atoms with van der Waals surface area (Å²) >= 11 is 0. The maximum absolute atomic E-state index is 13.1. The molecule has 0 N–H and O–H groups in total. The first-order chi connectivity index (χ1) is 14.9. The topological polar surface area (TPSA) is 54.0 Å². The minimum absolute atomic E-state index is 0.150. The van der Waals surface area contributed by atoms with E-state index in [0.717, 1.165) is 77.0 Å². The van der Waals surface area contributed by atoms with Gasteiger partial charge in [0.1, 0.15) is 0 Å². The molecule has 0 aliphatic heterocycles. The highest BCUT2D eigenvalue weighted by atomic mass is 28.4. The fraction of sp³-hybridized carbons (Fsp3) is 0.880. The van der Waals surface area contributed by atoms with Crippen molar-refractivity contribution in [2.24, 2.45) is 0 Å². The zero-order valence-corrected chi connectivity index (χ0v) is 21.2. The Morgan fingerprint density at radius 3 is 1.16 bits per heavy atom. The van der Waals surface area contributed by atoms with E-state index in [4.69, 9.17) is 18.6 Å². The number of ether oxygens (including phenoxy) is 3. The Labute approximate surface area is 190 Å². The molecule has 0 saturated heterocycles. The minimum atomic E-state index is -2.42. The molecule has 5 nitrogen and oxygen atoms in total. The van der Waals surface area contributed by atoms with E-state index in [2.05, 4.69) is 6.58 Å². The monoisotopic (exact) mass is 452 g/mol. The van der Waals surface area contributed by atoms with Gasteiger partial charge in [0.25, 0.3) is 8.32 Å². The van der Waals surface area contributed by atoms with Gasteiger partial charge in [-0.05, 0) is 101 Å². The van der Waals surface area contributed by atoms with Gasteiger partial charge in [-0.3, -0.25) is 0 Å². The number of carbonyl (C=O) groups is 1. The highest BCUT2D eigenvalue weighted by Gasteiger charge is 2.58. The van der Waals surface area contributed by atoms with Crippen LogP contribution in [0.4, 0.5) is 0 Å². The van der Waals surface area contributed by atoms with Crippen molar-refractivity contribution >= 4 is 14.3 Å². The molecule has 0 spiro atoms. The van der Waals surface area contributed by atoms with Gasteiger partial charge in [-0.2, -0.15) is 0 Å². The summed E-state index contributed by atoms with van der Waals surface area (Å²) in [4.78, 5) is 13.1. The summed E-state index contributed by atoms with van der Waals surface area (Å²) in [6.45, 7) is 5.74. The van der Waals surface area contributed by atoms with Gasteiger partial charge in [-0.15, -0.1) is 0 Å². The summed E-state index contributed by atoms with van der Waals surface area (Å²) < 4.78 is 23.8. The first-order valence-electron chi connectivity index (χ1n) is 12.4. The largest absolute Gasteiger partial charge is 0.515 e. The number of rotatable bonds is 8. The normalized spacial score (nSPS) is 36.4. The Morgan fingerprint density at radius 1 is 0.645 bits per heavy atom. The predicted molar refractivity (Wildman–Crippen MR) is 126 cm³/mol. The third-order valence-corrected chi connectivity index (χ3v) is 14.7.